The van der Waals surface area contributed by atoms with Crippen LogP contribution in [0.25, 0.3) is 0 Å². The summed E-state index contributed by atoms with van der Waals surface area (Å²) in [5.74, 6) is 1.28. The van der Waals surface area contributed by atoms with Crippen molar-refractivity contribution in [2.45, 2.75) is 46.0 Å². The Hall–Kier alpha value is -1.85. The van der Waals surface area contributed by atoms with Crippen LogP contribution in [0, 0.1) is 12.8 Å². The van der Waals surface area contributed by atoms with Crippen molar-refractivity contribution in [1.82, 2.24) is 10.5 Å². The first-order valence-electron chi connectivity index (χ1n) is 7.57. The first-order valence-corrected chi connectivity index (χ1v) is 7.57. The first-order chi connectivity index (χ1) is 10.1. The SMILES string of the molecule is CC(=O)N(CCNC(=O)C1CCCCC1)c1cc(C)on1. The van der Waals surface area contributed by atoms with Gasteiger partial charge < -0.3 is 9.84 Å². The van der Waals surface area contributed by atoms with Gasteiger partial charge in [0.15, 0.2) is 5.82 Å². The number of nitrogens with zero attached hydrogens (tertiary/aromatic N) is 2. The molecule has 1 saturated carbocycles. The number of anilines is 1. The molecule has 0 bridgehead atoms. The lowest BCUT2D eigenvalue weighted by atomic mass is 9.89. The normalized spacial score (nSPS) is 15.7. The van der Waals surface area contributed by atoms with Gasteiger partial charge in [-0.15, -0.1) is 0 Å². The Morgan fingerprint density at radius 1 is 1.38 bits per heavy atom. The van der Waals surface area contributed by atoms with Crippen molar-refractivity contribution in [2.24, 2.45) is 5.92 Å². The van der Waals surface area contributed by atoms with Crippen molar-refractivity contribution < 1.29 is 14.1 Å². The second-order valence-corrected chi connectivity index (χ2v) is 5.59. The van der Waals surface area contributed by atoms with Gasteiger partial charge in [0.05, 0.1) is 0 Å². The van der Waals surface area contributed by atoms with Crippen molar-refractivity contribution in [2.75, 3.05) is 18.0 Å². The van der Waals surface area contributed by atoms with Gasteiger partial charge in [-0.05, 0) is 19.8 Å². The second kappa shape index (κ2) is 7.24. The van der Waals surface area contributed by atoms with Crippen LogP contribution < -0.4 is 10.2 Å². The molecule has 0 radical (unpaired) electrons. The summed E-state index contributed by atoms with van der Waals surface area (Å²) in [6, 6.07) is 1.71. The third-order valence-electron chi connectivity index (χ3n) is 3.88. The summed E-state index contributed by atoms with van der Waals surface area (Å²) in [4.78, 5) is 25.2. The predicted molar refractivity (Wildman–Crippen MR) is 78.9 cm³/mol. The van der Waals surface area contributed by atoms with Gasteiger partial charge in [0.2, 0.25) is 11.8 Å². The van der Waals surface area contributed by atoms with Gasteiger partial charge in [-0.3, -0.25) is 14.5 Å². The number of aryl methyl sites for hydroxylation is 1. The lowest BCUT2D eigenvalue weighted by Gasteiger charge is -2.22. The Bertz CT molecular complexity index is 492. The summed E-state index contributed by atoms with van der Waals surface area (Å²) in [7, 11) is 0. The van der Waals surface area contributed by atoms with E-state index < -0.39 is 0 Å². The quantitative estimate of drug-likeness (QED) is 0.901. The molecule has 0 saturated heterocycles. The Labute approximate surface area is 124 Å². The van der Waals surface area contributed by atoms with Gasteiger partial charge >= 0.3 is 0 Å². The average Bonchev–Trinajstić information content (AvgIpc) is 2.90. The summed E-state index contributed by atoms with van der Waals surface area (Å²) >= 11 is 0. The molecule has 0 spiro atoms. The molecule has 1 aliphatic rings. The molecule has 2 rings (SSSR count). The molecule has 1 heterocycles. The van der Waals surface area contributed by atoms with Crippen LogP contribution in [0.5, 0.6) is 0 Å². The molecule has 6 heteroatoms. The van der Waals surface area contributed by atoms with Crippen LogP contribution >= 0.6 is 0 Å². The molecule has 6 nitrogen and oxygen atoms in total. The molecular formula is C15H23N3O3. The molecule has 1 aromatic heterocycles. The first kappa shape index (κ1) is 15.5. The summed E-state index contributed by atoms with van der Waals surface area (Å²) < 4.78 is 4.99. The monoisotopic (exact) mass is 293 g/mol. The van der Waals surface area contributed by atoms with E-state index in [-0.39, 0.29) is 17.7 Å². The van der Waals surface area contributed by atoms with E-state index in [1.165, 1.54) is 18.2 Å². The smallest absolute Gasteiger partial charge is 0.225 e. The highest BCUT2D eigenvalue weighted by molar-refractivity contribution is 5.90. The Kier molecular flexibility index (Phi) is 5.36. The summed E-state index contributed by atoms with van der Waals surface area (Å²) in [5.41, 5.74) is 0. The summed E-state index contributed by atoms with van der Waals surface area (Å²) in [5, 5.41) is 6.77. The van der Waals surface area contributed by atoms with Gasteiger partial charge in [0.25, 0.3) is 0 Å². The molecule has 0 aromatic carbocycles. The van der Waals surface area contributed by atoms with E-state index in [0.29, 0.717) is 24.7 Å². The van der Waals surface area contributed by atoms with Crippen molar-refractivity contribution in [3.63, 3.8) is 0 Å². The number of aromatic nitrogens is 1. The number of hydrogen-bond donors (Lipinski definition) is 1. The molecule has 2 amide bonds. The van der Waals surface area contributed by atoms with Crippen LogP contribution in [0.2, 0.25) is 0 Å². The van der Waals surface area contributed by atoms with Gasteiger partial charge in [0.1, 0.15) is 5.76 Å². The molecule has 1 aromatic rings. The maximum Gasteiger partial charge on any atom is 0.225 e. The lowest BCUT2D eigenvalue weighted by Crippen LogP contribution is -2.40. The third-order valence-corrected chi connectivity index (χ3v) is 3.88. The molecule has 1 fully saturated rings. The van der Waals surface area contributed by atoms with Crippen LogP contribution in [0.15, 0.2) is 10.6 Å². The highest BCUT2D eigenvalue weighted by atomic mass is 16.5. The zero-order valence-electron chi connectivity index (χ0n) is 12.7. The van der Waals surface area contributed by atoms with E-state index in [1.807, 2.05) is 0 Å². The zero-order chi connectivity index (χ0) is 15.2. The zero-order valence-corrected chi connectivity index (χ0v) is 12.7. The minimum Gasteiger partial charge on any atom is -0.360 e. The standard InChI is InChI=1S/C15H23N3O3/c1-11-10-14(17-21-11)18(12(2)19)9-8-16-15(20)13-6-4-3-5-7-13/h10,13H,3-9H2,1-2H3,(H,16,20). The summed E-state index contributed by atoms with van der Waals surface area (Å²) in [6.07, 6.45) is 5.45. The van der Waals surface area contributed by atoms with Gasteiger partial charge in [0, 0.05) is 32.0 Å². The fourth-order valence-electron chi connectivity index (χ4n) is 2.71. The topological polar surface area (TPSA) is 75.4 Å². The van der Waals surface area contributed by atoms with Crippen molar-refractivity contribution >= 4 is 17.6 Å². The van der Waals surface area contributed by atoms with E-state index >= 15 is 0 Å². The third kappa shape index (κ3) is 4.31. The van der Waals surface area contributed by atoms with Gasteiger partial charge in [-0.25, -0.2) is 0 Å². The van der Waals surface area contributed by atoms with Crippen molar-refractivity contribution in [3.05, 3.63) is 11.8 Å². The van der Waals surface area contributed by atoms with Gasteiger partial charge in [-0.2, -0.15) is 0 Å². The highest BCUT2D eigenvalue weighted by Crippen LogP contribution is 2.23. The number of amides is 2. The maximum atomic E-state index is 12.0. The Morgan fingerprint density at radius 2 is 2.10 bits per heavy atom. The highest BCUT2D eigenvalue weighted by Gasteiger charge is 2.21. The second-order valence-electron chi connectivity index (χ2n) is 5.59. The molecule has 21 heavy (non-hydrogen) atoms. The number of rotatable bonds is 5. The molecule has 116 valence electrons. The van der Waals surface area contributed by atoms with E-state index in [4.69, 9.17) is 4.52 Å². The summed E-state index contributed by atoms with van der Waals surface area (Å²) in [6.45, 7) is 4.09. The van der Waals surface area contributed by atoms with E-state index in [2.05, 4.69) is 10.5 Å². The minimum atomic E-state index is -0.116. The molecular weight excluding hydrogens is 270 g/mol. The van der Waals surface area contributed by atoms with Crippen LogP contribution in [0.1, 0.15) is 44.8 Å². The van der Waals surface area contributed by atoms with E-state index in [0.717, 1.165) is 25.7 Å². The number of carbonyl (C=O) groups is 2. The fraction of sp³-hybridized carbons (Fsp3) is 0.667. The Morgan fingerprint density at radius 3 is 2.67 bits per heavy atom. The van der Waals surface area contributed by atoms with Crippen molar-refractivity contribution in [1.29, 1.82) is 0 Å². The van der Waals surface area contributed by atoms with Crippen LogP contribution in [0.3, 0.4) is 0 Å². The number of carbonyl (C=O) groups excluding carboxylic acids is 2. The largest absolute Gasteiger partial charge is 0.360 e. The average molecular weight is 293 g/mol. The molecule has 1 aliphatic carbocycles. The van der Waals surface area contributed by atoms with Crippen LogP contribution in [-0.2, 0) is 9.59 Å². The molecule has 0 unspecified atom stereocenters. The fourth-order valence-corrected chi connectivity index (χ4v) is 2.71. The minimum absolute atomic E-state index is 0.106. The number of hydrogen-bond acceptors (Lipinski definition) is 4. The van der Waals surface area contributed by atoms with Gasteiger partial charge in [-0.1, -0.05) is 24.4 Å². The Balaban J connectivity index is 1.82. The van der Waals surface area contributed by atoms with E-state index in [9.17, 15) is 9.59 Å². The lowest BCUT2D eigenvalue weighted by molar-refractivity contribution is -0.126. The number of nitrogens with one attached hydrogen (secondary N) is 1. The van der Waals surface area contributed by atoms with Crippen molar-refractivity contribution in [3.8, 4) is 0 Å². The molecule has 0 aliphatic heterocycles. The molecule has 0 atom stereocenters. The molecule has 1 N–H and O–H groups in total. The maximum absolute atomic E-state index is 12.0. The van der Waals surface area contributed by atoms with Crippen LogP contribution in [0.4, 0.5) is 5.82 Å². The predicted octanol–water partition coefficient (Wildman–Crippen LogP) is 2.03. The van der Waals surface area contributed by atoms with Crippen LogP contribution in [-0.4, -0.2) is 30.1 Å². The van der Waals surface area contributed by atoms with E-state index in [1.54, 1.807) is 13.0 Å².